The summed E-state index contributed by atoms with van der Waals surface area (Å²) in [4.78, 5) is 0. The molecule has 7 heteroatoms. The van der Waals surface area contributed by atoms with Gasteiger partial charge in [-0.3, -0.25) is 0 Å². The molecule has 0 heterocycles. The highest BCUT2D eigenvalue weighted by atomic mass is 35.5. The van der Waals surface area contributed by atoms with Crippen LogP contribution in [0.1, 0.15) is 5.56 Å². The molecule has 0 saturated carbocycles. The molecule has 0 aliphatic carbocycles. The van der Waals surface area contributed by atoms with E-state index in [2.05, 4.69) is 5.32 Å². The Bertz CT molecular complexity index is 642. The third-order valence-corrected chi connectivity index (χ3v) is 3.32. The maximum absolute atomic E-state index is 12.5. The molecule has 0 atom stereocenters. The van der Waals surface area contributed by atoms with Gasteiger partial charge in [0, 0.05) is 5.69 Å². The Morgan fingerprint density at radius 1 is 0.950 bits per heavy atom. The summed E-state index contributed by atoms with van der Waals surface area (Å²) >= 11 is 11.6. The summed E-state index contributed by atoms with van der Waals surface area (Å²) in [6.45, 7) is 0. The van der Waals surface area contributed by atoms with E-state index in [4.69, 9.17) is 28.9 Å². The zero-order valence-electron chi connectivity index (χ0n) is 9.93. The maximum atomic E-state index is 12.5. The topological polar surface area (TPSA) is 38.0 Å². The molecule has 0 aliphatic rings. The first-order valence-corrected chi connectivity index (χ1v) is 6.22. The number of hydrogen-bond acceptors (Lipinski definition) is 2. The molecule has 0 saturated heterocycles. The minimum atomic E-state index is -4.42. The van der Waals surface area contributed by atoms with Gasteiger partial charge < -0.3 is 11.1 Å². The maximum Gasteiger partial charge on any atom is 0.416 e. The largest absolute Gasteiger partial charge is 0.416 e. The summed E-state index contributed by atoms with van der Waals surface area (Å²) in [6, 6.07) is 7.87. The standard InChI is InChI=1S/C13H9Cl2F3N2/c14-9-3-2-8(6-10(9)15)20-12-4-1-7(5-11(12)19)13(16,17)18/h1-6,20H,19H2. The third-order valence-electron chi connectivity index (χ3n) is 2.58. The van der Waals surface area contributed by atoms with Crippen molar-refractivity contribution in [3.05, 3.63) is 52.0 Å². The molecule has 0 bridgehead atoms. The highest BCUT2D eigenvalue weighted by molar-refractivity contribution is 6.42. The zero-order valence-corrected chi connectivity index (χ0v) is 11.4. The number of nitrogens with two attached hydrogens (primary N) is 1. The highest BCUT2D eigenvalue weighted by Crippen LogP contribution is 2.34. The number of anilines is 3. The van der Waals surface area contributed by atoms with Gasteiger partial charge in [-0.1, -0.05) is 23.2 Å². The van der Waals surface area contributed by atoms with Gasteiger partial charge in [0.2, 0.25) is 0 Å². The first-order chi connectivity index (χ1) is 9.27. The summed E-state index contributed by atoms with van der Waals surface area (Å²) < 4.78 is 37.5. The van der Waals surface area contributed by atoms with Crippen molar-refractivity contribution in [2.24, 2.45) is 0 Å². The Hall–Kier alpha value is -1.59. The molecule has 0 amide bonds. The van der Waals surface area contributed by atoms with Crippen LogP contribution >= 0.6 is 23.2 Å². The molecular formula is C13H9Cl2F3N2. The third kappa shape index (κ3) is 3.29. The second-order valence-electron chi connectivity index (χ2n) is 4.05. The molecule has 2 nitrogen and oxygen atoms in total. The number of alkyl halides is 3. The van der Waals surface area contributed by atoms with Crippen LogP contribution in [0.3, 0.4) is 0 Å². The van der Waals surface area contributed by atoms with Crippen molar-refractivity contribution in [2.45, 2.75) is 6.18 Å². The lowest BCUT2D eigenvalue weighted by Crippen LogP contribution is -2.06. The molecule has 0 unspecified atom stereocenters. The molecule has 0 aromatic heterocycles. The van der Waals surface area contributed by atoms with Crippen LogP contribution in [-0.2, 0) is 6.18 Å². The molecule has 2 aromatic rings. The van der Waals surface area contributed by atoms with E-state index in [9.17, 15) is 13.2 Å². The predicted octanol–water partition coefficient (Wildman–Crippen LogP) is 5.34. The number of benzene rings is 2. The van der Waals surface area contributed by atoms with E-state index in [-0.39, 0.29) is 5.69 Å². The van der Waals surface area contributed by atoms with Crippen molar-refractivity contribution in [1.82, 2.24) is 0 Å². The molecule has 3 N–H and O–H groups in total. The van der Waals surface area contributed by atoms with Gasteiger partial charge in [-0.25, -0.2) is 0 Å². The van der Waals surface area contributed by atoms with E-state index in [0.717, 1.165) is 12.1 Å². The van der Waals surface area contributed by atoms with E-state index in [1.807, 2.05) is 0 Å². The van der Waals surface area contributed by atoms with E-state index in [1.165, 1.54) is 6.07 Å². The number of nitrogen functional groups attached to an aromatic ring is 1. The summed E-state index contributed by atoms with van der Waals surface area (Å²) in [5.74, 6) is 0. The fourth-order valence-corrected chi connectivity index (χ4v) is 1.88. The van der Waals surface area contributed by atoms with Crippen LogP contribution in [0.25, 0.3) is 0 Å². The minimum Gasteiger partial charge on any atom is -0.397 e. The number of hydrogen-bond donors (Lipinski definition) is 2. The lowest BCUT2D eigenvalue weighted by molar-refractivity contribution is -0.137. The number of nitrogens with one attached hydrogen (secondary N) is 1. The molecule has 20 heavy (non-hydrogen) atoms. The molecule has 106 valence electrons. The van der Waals surface area contributed by atoms with Crippen LogP contribution in [0.5, 0.6) is 0 Å². The average Bonchev–Trinajstić information content (AvgIpc) is 2.35. The van der Waals surface area contributed by atoms with Crippen molar-refractivity contribution < 1.29 is 13.2 Å². The van der Waals surface area contributed by atoms with Crippen LogP contribution in [0.15, 0.2) is 36.4 Å². The van der Waals surface area contributed by atoms with E-state index < -0.39 is 11.7 Å². The number of rotatable bonds is 2. The first kappa shape index (κ1) is 14.8. The molecule has 0 spiro atoms. The predicted molar refractivity (Wildman–Crippen MR) is 75.6 cm³/mol. The monoisotopic (exact) mass is 320 g/mol. The SMILES string of the molecule is Nc1cc(C(F)(F)F)ccc1Nc1ccc(Cl)c(Cl)c1. The normalized spacial score (nSPS) is 11.4. The Balaban J connectivity index is 2.28. The second-order valence-corrected chi connectivity index (χ2v) is 4.87. The molecular weight excluding hydrogens is 312 g/mol. The van der Waals surface area contributed by atoms with E-state index in [1.54, 1.807) is 18.2 Å². The first-order valence-electron chi connectivity index (χ1n) is 5.46. The van der Waals surface area contributed by atoms with Crippen LogP contribution in [-0.4, -0.2) is 0 Å². The lowest BCUT2D eigenvalue weighted by Gasteiger charge is -2.13. The van der Waals surface area contributed by atoms with Crippen molar-refractivity contribution >= 4 is 40.3 Å². The Labute approximate surface area is 123 Å². The van der Waals surface area contributed by atoms with Crippen LogP contribution < -0.4 is 11.1 Å². The number of halogens is 5. The van der Waals surface area contributed by atoms with Crippen molar-refractivity contribution in [2.75, 3.05) is 11.1 Å². The summed E-state index contributed by atoms with van der Waals surface area (Å²) in [7, 11) is 0. The molecule has 0 radical (unpaired) electrons. The molecule has 2 rings (SSSR count). The second kappa shape index (κ2) is 5.42. The molecule has 0 fully saturated rings. The smallest absolute Gasteiger partial charge is 0.397 e. The van der Waals surface area contributed by atoms with Gasteiger partial charge in [0.25, 0.3) is 0 Å². The quantitative estimate of drug-likeness (QED) is 0.733. The van der Waals surface area contributed by atoms with Gasteiger partial charge in [0.15, 0.2) is 0 Å². The Morgan fingerprint density at radius 2 is 1.65 bits per heavy atom. The van der Waals surface area contributed by atoms with Gasteiger partial charge in [0.1, 0.15) is 0 Å². The van der Waals surface area contributed by atoms with Gasteiger partial charge in [0.05, 0.1) is 27.0 Å². The van der Waals surface area contributed by atoms with Crippen LogP contribution in [0.4, 0.5) is 30.2 Å². The van der Waals surface area contributed by atoms with E-state index >= 15 is 0 Å². The van der Waals surface area contributed by atoms with E-state index in [0.29, 0.717) is 21.4 Å². The lowest BCUT2D eigenvalue weighted by atomic mass is 10.1. The Kier molecular flexibility index (Phi) is 4.01. The van der Waals surface area contributed by atoms with Crippen LogP contribution in [0, 0.1) is 0 Å². The highest BCUT2D eigenvalue weighted by Gasteiger charge is 2.30. The fraction of sp³-hybridized carbons (Fsp3) is 0.0769. The zero-order chi connectivity index (χ0) is 14.9. The van der Waals surface area contributed by atoms with Gasteiger partial charge >= 0.3 is 6.18 Å². The van der Waals surface area contributed by atoms with Crippen molar-refractivity contribution in [3.8, 4) is 0 Å². The minimum absolute atomic E-state index is 0.00843. The van der Waals surface area contributed by atoms with Gasteiger partial charge in [-0.05, 0) is 36.4 Å². The van der Waals surface area contributed by atoms with Gasteiger partial charge in [-0.2, -0.15) is 13.2 Å². The van der Waals surface area contributed by atoms with Crippen molar-refractivity contribution in [1.29, 1.82) is 0 Å². The molecule has 0 aliphatic heterocycles. The fourth-order valence-electron chi connectivity index (χ4n) is 1.58. The average molecular weight is 321 g/mol. The summed E-state index contributed by atoms with van der Waals surface area (Å²) in [5, 5.41) is 3.61. The van der Waals surface area contributed by atoms with Gasteiger partial charge in [-0.15, -0.1) is 0 Å². The molecule has 2 aromatic carbocycles. The summed E-state index contributed by atoms with van der Waals surface area (Å²) in [6.07, 6.45) is -4.42. The van der Waals surface area contributed by atoms with Crippen LogP contribution in [0.2, 0.25) is 10.0 Å². The Morgan fingerprint density at radius 3 is 2.20 bits per heavy atom. The van der Waals surface area contributed by atoms with Crippen molar-refractivity contribution in [3.63, 3.8) is 0 Å². The summed E-state index contributed by atoms with van der Waals surface area (Å²) in [5.41, 5.74) is 5.74.